The second-order valence-corrected chi connectivity index (χ2v) is 6.98. The summed E-state index contributed by atoms with van der Waals surface area (Å²) in [4.78, 5) is 19.6. The van der Waals surface area contributed by atoms with Crippen molar-refractivity contribution in [1.29, 1.82) is 0 Å². The molecular formula is C17H26N4O2. The largest absolute Gasteiger partial charge is 0.350 e. The van der Waals surface area contributed by atoms with E-state index in [4.69, 9.17) is 4.52 Å². The lowest BCUT2D eigenvalue weighted by atomic mass is 9.95. The number of rotatable bonds is 3. The Morgan fingerprint density at radius 3 is 2.65 bits per heavy atom. The molecule has 3 aliphatic rings. The van der Waals surface area contributed by atoms with Crippen LogP contribution in [0.3, 0.4) is 0 Å². The van der Waals surface area contributed by atoms with Crippen LogP contribution in [0, 0.1) is 0 Å². The van der Waals surface area contributed by atoms with Crippen LogP contribution >= 0.6 is 0 Å². The third-order valence-electron chi connectivity index (χ3n) is 5.67. The molecule has 23 heavy (non-hydrogen) atoms. The van der Waals surface area contributed by atoms with Crippen LogP contribution in [0.1, 0.15) is 41.6 Å². The summed E-state index contributed by atoms with van der Waals surface area (Å²) in [6, 6.07) is 0.525. The lowest BCUT2D eigenvalue weighted by molar-refractivity contribution is 0.00621. The van der Waals surface area contributed by atoms with Gasteiger partial charge in [-0.2, -0.15) is 0 Å². The van der Waals surface area contributed by atoms with E-state index in [-0.39, 0.29) is 5.91 Å². The van der Waals surface area contributed by atoms with Crippen LogP contribution in [-0.2, 0) is 12.8 Å². The van der Waals surface area contributed by atoms with Crippen LogP contribution in [0.5, 0.6) is 0 Å². The molecule has 6 heteroatoms. The molecule has 0 bridgehead atoms. The van der Waals surface area contributed by atoms with E-state index < -0.39 is 0 Å². The number of carbonyl (C=O) groups excluding carboxylic acids is 1. The van der Waals surface area contributed by atoms with Gasteiger partial charge in [-0.05, 0) is 32.2 Å². The predicted octanol–water partition coefficient (Wildman–Crippen LogP) is 1.02. The topological polar surface area (TPSA) is 52.8 Å². The molecule has 6 nitrogen and oxygen atoms in total. The van der Waals surface area contributed by atoms with Gasteiger partial charge in [-0.3, -0.25) is 9.69 Å². The highest BCUT2D eigenvalue weighted by molar-refractivity contribution is 5.93. The third-order valence-corrected chi connectivity index (χ3v) is 5.67. The predicted molar refractivity (Wildman–Crippen MR) is 86.5 cm³/mol. The number of fused-ring (bicyclic) bond motifs is 1. The van der Waals surface area contributed by atoms with E-state index in [0.29, 0.717) is 11.8 Å². The number of carbonyl (C=O) groups is 1. The molecule has 1 aromatic heterocycles. The zero-order valence-corrected chi connectivity index (χ0v) is 14.0. The highest BCUT2D eigenvalue weighted by Gasteiger charge is 2.38. The summed E-state index contributed by atoms with van der Waals surface area (Å²) in [5.41, 5.74) is 2.08. The maximum absolute atomic E-state index is 12.7. The minimum Gasteiger partial charge on any atom is -0.350 e. The number of amides is 1. The van der Waals surface area contributed by atoms with Gasteiger partial charge in [-0.15, -0.1) is 0 Å². The van der Waals surface area contributed by atoms with Gasteiger partial charge >= 0.3 is 0 Å². The number of hydrogen-bond acceptors (Lipinski definition) is 5. The first-order chi connectivity index (χ1) is 11.3. The van der Waals surface area contributed by atoms with Crippen LogP contribution < -0.4 is 0 Å². The first-order valence-corrected chi connectivity index (χ1v) is 8.99. The van der Waals surface area contributed by atoms with Crippen molar-refractivity contribution in [2.24, 2.45) is 0 Å². The molecule has 0 atom stereocenters. The second-order valence-electron chi connectivity index (χ2n) is 6.98. The molecule has 2 fully saturated rings. The molecule has 0 radical (unpaired) electrons. The number of aromatic nitrogens is 1. The van der Waals surface area contributed by atoms with Gasteiger partial charge in [0.1, 0.15) is 0 Å². The molecule has 1 aliphatic carbocycles. The Balaban J connectivity index is 1.33. The molecular weight excluding hydrogens is 292 g/mol. The van der Waals surface area contributed by atoms with Crippen LogP contribution in [0.25, 0.3) is 0 Å². The number of likely N-dealkylation sites (tertiary alicyclic amines) is 1. The monoisotopic (exact) mass is 318 g/mol. The zero-order valence-electron chi connectivity index (χ0n) is 14.0. The number of likely N-dealkylation sites (N-methyl/N-ethyl adjacent to an activating group) is 1. The maximum Gasteiger partial charge on any atom is 0.292 e. The SMILES string of the molecule is CCN1CCN(C2CN(C(=O)c3onc4c3CCCC4)C2)CC1. The first-order valence-electron chi connectivity index (χ1n) is 8.99. The van der Waals surface area contributed by atoms with Gasteiger partial charge < -0.3 is 14.3 Å². The number of piperazine rings is 1. The van der Waals surface area contributed by atoms with E-state index >= 15 is 0 Å². The van der Waals surface area contributed by atoms with Gasteiger partial charge in [0.15, 0.2) is 0 Å². The van der Waals surface area contributed by atoms with E-state index in [1.54, 1.807) is 0 Å². The van der Waals surface area contributed by atoms with Gasteiger partial charge in [0.25, 0.3) is 5.91 Å². The maximum atomic E-state index is 12.7. The summed E-state index contributed by atoms with van der Waals surface area (Å²) in [6.07, 6.45) is 4.19. The number of nitrogens with zero attached hydrogens (tertiary/aromatic N) is 4. The Morgan fingerprint density at radius 2 is 1.91 bits per heavy atom. The normalized spacial score (nSPS) is 23.6. The van der Waals surface area contributed by atoms with E-state index in [1.807, 2.05) is 4.90 Å². The van der Waals surface area contributed by atoms with Crippen molar-refractivity contribution >= 4 is 5.91 Å². The fourth-order valence-electron chi connectivity index (χ4n) is 4.00. The zero-order chi connectivity index (χ0) is 15.8. The van der Waals surface area contributed by atoms with Crippen LogP contribution in [0.15, 0.2) is 4.52 Å². The average Bonchev–Trinajstić information content (AvgIpc) is 2.98. The van der Waals surface area contributed by atoms with Crippen LogP contribution in [0.2, 0.25) is 0 Å². The highest BCUT2D eigenvalue weighted by atomic mass is 16.5. The first kappa shape index (κ1) is 15.1. The van der Waals surface area contributed by atoms with E-state index in [2.05, 4.69) is 21.9 Å². The molecule has 3 heterocycles. The van der Waals surface area contributed by atoms with E-state index in [9.17, 15) is 4.79 Å². The Kier molecular flexibility index (Phi) is 4.11. The quantitative estimate of drug-likeness (QED) is 0.833. The molecule has 4 rings (SSSR count). The molecule has 0 spiro atoms. The molecule has 0 aromatic carbocycles. The molecule has 2 saturated heterocycles. The van der Waals surface area contributed by atoms with E-state index in [0.717, 1.165) is 82.8 Å². The highest BCUT2D eigenvalue weighted by Crippen LogP contribution is 2.27. The van der Waals surface area contributed by atoms with Crippen LogP contribution in [-0.4, -0.2) is 77.6 Å². The van der Waals surface area contributed by atoms with Crippen LogP contribution in [0.4, 0.5) is 0 Å². The standard InChI is InChI=1S/C17H26N4O2/c1-2-19-7-9-20(10-8-19)13-11-21(12-13)17(22)16-14-5-3-4-6-15(14)18-23-16/h13H,2-12H2,1H3. The van der Waals surface area contributed by atoms with Crippen molar-refractivity contribution in [1.82, 2.24) is 19.9 Å². The Hall–Kier alpha value is -1.40. The Morgan fingerprint density at radius 1 is 1.17 bits per heavy atom. The third kappa shape index (κ3) is 2.78. The molecule has 0 saturated carbocycles. The second kappa shape index (κ2) is 6.24. The Labute approximate surface area is 137 Å². The summed E-state index contributed by atoms with van der Waals surface area (Å²) in [6.45, 7) is 9.57. The molecule has 1 amide bonds. The minimum atomic E-state index is 0.0455. The molecule has 2 aliphatic heterocycles. The summed E-state index contributed by atoms with van der Waals surface area (Å²) in [5.74, 6) is 0.554. The van der Waals surface area contributed by atoms with Crippen molar-refractivity contribution in [3.05, 3.63) is 17.0 Å². The lowest BCUT2D eigenvalue weighted by Crippen LogP contribution is -2.64. The Bertz CT molecular complexity index is 571. The van der Waals surface area contributed by atoms with Crippen molar-refractivity contribution in [3.63, 3.8) is 0 Å². The van der Waals surface area contributed by atoms with E-state index in [1.165, 1.54) is 0 Å². The van der Waals surface area contributed by atoms with Crippen molar-refractivity contribution in [3.8, 4) is 0 Å². The summed E-state index contributed by atoms with van der Waals surface area (Å²) < 4.78 is 5.38. The average molecular weight is 318 g/mol. The van der Waals surface area contributed by atoms with Crippen molar-refractivity contribution in [2.45, 2.75) is 38.6 Å². The van der Waals surface area contributed by atoms with Gasteiger partial charge in [0.2, 0.25) is 5.76 Å². The van der Waals surface area contributed by atoms with Crippen molar-refractivity contribution in [2.75, 3.05) is 45.8 Å². The fourth-order valence-corrected chi connectivity index (χ4v) is 4.00. The number of aryl methyl sites for hydroxylation is 1. The minimum absolute atomic E-state index is 0.0455. The molecule has 1 aromatic rings. The molecule has 126 valence electrons. The molecule has 0 unspecified atom stereocenters. The van der Waals surface area contributed by atoms with Crippen molar-refractivity contribution < 1.29 is 9.32 Å². The van der Waals surface area contributed by atoms with Gasteiger partial charge in [-0.1, -0.05) is 12.1 Å². The smallest absolute Gasteiger partial charge is 0.292 e. The molecule has 0 N–H and O–H groups in total. The van der Waals surface area contributed by atoms with Gasteiger partial charge in [-0.25, -0.2) is 0 Å². The summed E-state index contributed by atoms with van der Waals surface area (Å²) in [5, 5.41) is 4.11. The fraction of sp³-hybridized carbons (Fsp3) is 0.765. The number of hydrogen-bond donors (Lipinski definition) is 0. The summed E-state index contributed by atoms with van der Waals surface area (Å²) in [7, 11) is 0. The summed E-state index contributed by atoms with van der Waals surface area (Å²) >= 11 is 0. The van der Waals surface area contributed by atoms with Gasteiger partial charge in [0, 0.05) is 50.9 Å². The lowest BCUT2D eigenvalue weighted by Gasteiger charge is -2.47. The van der Waals surface area contributed by atoms with Gasteiger partial charge in [0.05, 0.1) is 5.69 Å².